The van der Waals surface area contributed by atoms with Crippen LogP contribution in [0.3, 0.4) is 0 Å². The fourth-order valence-corrected chi connectivity index (χ4v) is 1.36. The quantitative estimate of drug-likeness (QED) is 0.574. The van der Waals surface area contributed by atoms with E-state index in [9.17, 15) is 0 Å². The van der Waals surface area contributed by atoms with Crippen LogP contribution in [0.25, 0.3) is 0 Å². The lowest BCUT2D eigenvalue weighted by atomic mass is 10.1. The molecule has 1 rings (SSSR count). The Labute approximate surface area is 63.2 Å². The summed E-state index contributed by atoms with van der Waals surface area (Å²) in [6.07, 6.45) is 4.35. The SMILES string of the molecule is CN(C)CC1CCCCO1. The topological polar surface area (TPSA) is 12.5 Å². The van der Waals surface area contributed by atoms with E-state index in [1.165, 1.54) is 19.3 Å². The van der Waals surface area contributed by atoms with Gasteiger partial charge < -0.3 is 9.64 Å². The van der Waals surface area contributed by atoms with Crippen molar-refractivity contribution in [2.45, 2.75) is 25.4 Å². The molecule has 1 aliphatic heterocycles. The molecular weight excluding hydrogens is 126 g/mol. The van der Waals surface area contributed by atoms with Crippen molar-refractivity contribution < 1.29 is 4.74 Å². The molecule has 0 aromatic carbocycles. The predicted octanol–water partition coefficient (Wildman–Crippen LogP) is 1.12. The lowest BCUT2D eigenvalue weighted by Gasteiger charge is -2.25. The van der Waals surface area contributed by atoms with Crippen LogP contribution >= 0.6 is 0 Å². The minimum absolute atomic E-state index is 0.503. The van der Waals surface area contributed by atoms with E-state index in [-0.39, 0.29) is 0 Å². The molecule has 2 nitrogen and oxygen atoms in total. The van der Waals surface area contributed by atoms with Crippen molar-refractivity contribution in [3.05, 3.63) is 0 Å². The summed E-state index contributed by atoms with van der Waals surface area (Å²) in [5, 5.41) is 0. The first-order valence-corrected chi connectivity index (χ1v) is 4.05. The maximum Gasteiger partial charge on any atom is 0.0701 e. The lowest BCUT2D eigenvalue weighted by Crippen LogP contribution is -2.30. The molecule has 0 aromatic rings. The van der Waals surface area contributed by atoms with Crippen LogP contribution in [-0.4, -0.2) is 38.3 Å². The second kappa shape index (κ2) is 3.94. The molecule has 0 aliphatic carbocycles. The van der Waals surface area contributed by atoms with Gasteiger partial charge in [-0.1, -0.05) is 0 Å². The Morgan fingerprint density at radius 2 is 2.20 bits per heavy atom. The molecule has 1 aliphatic rings. The smallest absolute Gasteiger partial charge is 0.0701 e. The van der Waals surface area contributed by atoms with Crippen molar-refractivity contribution in [1.82, 2.24) is 4.90 Å². The van der Waals surface area contributed by atoms with E-state index in [0.29, 0.717) is 6.10 Å². The fraction of sp³-hybridized carbons (Fsp3) is 1.00. The summed E-state index contributed by atoms with van der Waals surface area (Å²) in [7, 11) is 4.19. The van der Waals surface area contributed by atoms with Crippen molar-refractivity contribution in [1.29, 1.82) is 0 Å². The summed E-state index contributed by atoms with van der Waals surface area (Å²) >= 11 is 0. The summed E-state index contributed by atoms with van der Waals surface area (Å²) in [4.78, 5) is 2.19. The molecule has 0 amide bonds. The molecule has 0 saturated carbocycles. The Morgan fingerprint density at radius 3 is 2.70 bits per heavy atom. The van der Waals surface area contributed by atoms with Gasteiger partial charge in [0.1, 0.15) is 0 Å². The van der Waals surface area contributed by atoms with Gasteiger partial charge >= 0.3 is 0 Å². The van der Waals surface area contributed by atoms with Crippen LogP contribution in [0, 0.1) is 0 Å². The maximum absolute atomic E-state index is 5.55. The highest BCUT2D eigenvalue weighted by Crippen LogP contribution is 2.12. The van der Waals surface area contributed by atoms with Crippen LogP contribution in [-0.2, 0) is 4.74 Å². The maximum atomic E-state index is 5.55. The Balaban J connectivity index is 2.13. The van der Waals surface area contributed by atoms with Crippen LogP contribution in [0.1, 0.15) is 19.3 Å². The molecule has 0 bridgehead atoms. The average molecular weight is 143 g/mol. The van der Waals surface area contributed by atoms with Crippen LogP contribution in [0.5, 0.6) is 0 Å². The Bertz CT molecular complexity index is 87.3. The van der Waals surface area contributed by atoms with E-state index in [4.69, 9.17) is 4.74 Å². The largest absolute Gasteiger partial charge is 0.377 e. The number of likely N-dealkylation sites (N-methyl/N-ethyl adjacent to an activating group) is 1. The minimum atomic E-state index is 0.503. The van der Waals surface area contributed by atoms with Gasteiger partial charge in [-0.2, -0.15) is 0 Å². The molecule has 2 heteroatoms. The van der Waals surface area contributed by atoms with Crippen LogP contribution in [0.2, 0.25) is 0 Å². The first-order chi connectivity index (χ1) is 4.79. The van der Waals surface area contributed by atoms with Gasteiger partial charge in [-0.15, -0.1) is 0 Å². The second-order valence-corrected chi connectivity index (χ2v) is 3.25. The molecular formula is C8H17NO. The zero-order chi connectivity index (χ0) is 7.40. The van der Waals surface area contributed by atoms with Gasteiger partial charge in [-0.25, -0.2) is 0 Å². The van der Waals surface area contributed by atoms with E-state index in [1.54, 1.807) is 0 Å². The molecule has 1 atom stereocenters. The zero-order valence-electron chi connectivity index (χ0n) is 6.97. The minimum Gasteiger partial charge on any atom is -0.377 e. The Morgan fingerprint density at radius 1 is 1.40 bits per heavy atom. The first-order valence-electron chi connectivity index (χ1n) is 4.05. The van der Waals surface area contributed by atoms with Crippen molar-refractivity contribution >= 4 is 0 Å². The summed E-state index contributed by atoms with van der Waals surface area (Å²) < 4.78 is 5.55. The number of hydrogen-bond donors (Lipinski definition) is 0. The molecule has 10 heavy (non-hydrogen) atoms. The zero-order valence-corrected chi connectivity index (χ0v) is 6.97. The van der Waals surface area contributed by atoms with Crippen LogP contribution in [0.15, 0.2) is 0 Å². The van der Waals surface area contributed by atoms with Gasteiger partial charge in [0.15, 0.2) is 0 Å². The summed E-state index contributed by atoms with van der Waals surface area (Å²) in [5.41, 5.74) is 0. The van der Waals surface area contributed by atoms with Gasteiger partial charge in [-0.05, 0) is 33.4 Å². The third-order valence-electron chi connectivity index (χ3n) is 1.84. The summed E-state index contributed by atoms with van der Waals surface area (Å²) in [6, 6.07) is 0. The Hall–Kier alpha value is -0.0800. The first kappa shape index (κ1) is 8.02. The average Bonchev–Trinajstić information content (AvgIpc) is 1.88. The summed E-state index contributed by atoms with van der Waals surface area (Å²) in [6.45, 7) is 2.05. The molecule has 0 spiro atoms. The van der Waals surface area contributed by atoms with Crippen molar-refractivity contribution in [3.63, 3.8) is 0 Å². The number of hydrogen-bond acceptors (Lipinski definition) is 2. The number of rotatable bonds is 2. The standard InChI is InChI=1S/C8H17NO/c1-9(2)7-8-5-3-4-6-10-8/h8H,3-7H2,1-2H3. The normalized spacial score (nSPS) is 27.3. The summed E-state index contributed by atoms with van der Waals surface area (Å²) in [5.74, 6) is 0. The third kappa shape index (κ3) is 2.67. The predicted molar refractivity (Wildman–Crippen MR) is 42.1 cm³/mol. The van der Waals surface area contributed by atoms with E-state index < -0.39 is 0 Å². The lowest BCUT2D eigenvalue weighted by molar-refractivity contribution is 0.00219. The van der Waals surface area contributed by atoms with E-state index in [1.807, 2.05) is 0 Å². The van der Waals surface area contributed by atoms with Crippen LogP contribution in [0.4, 0.5) is 0 Å². The highest BCUT2D eigenvalue weighted by molar-refractivity contribution is 4.65. The van der Waals surface area contributed by atoms with E-state index in [0.717, 1.165) is 13.2 Å². The highest BCUT2D eigenvalue weighted by atomic mass is 16.5. The van der Waals surface area contributed by atoms with Crippen molar-refractivity contribution in [2.24, 2.45) is 0 Å². The molecule has 1 unspecified atom stereocenters. The van der Waals surface area contributed by atoms with Gasteiger partial charge in [0.25, 0.3) is 0 Å². The molecule has 60 valence electrons. The van der Waals surface area contributed by atoms with Gasteiger partial charge in [-0.3, -0.25) is 0 Å². The van der Waals surface area contributed by atoms with Gasteiger partial charge in [0, 0.05) is 13.2 Å². The van der Waals surface area contributed by atoms with Crippen molar-refractivity contribution in [2.75, 3.05) is 27.2 Å². The molecule has 0 aromatic heterocycles. The highest BCUT2D eigenvalue weighted by Gasteiger charge is 2.13. The molecule has 1 saturated heterocycles. The van der Waals surface area contributed by atoms with Crippen molar-refractivity contribution in [3.8, 4) is 0 Å². The monoisotopic (exact) mass is 143 g/mol. The number of ether oxygens (including phenoxy) is 1. The van der Waals surface area contributed by atoms with Crippen LogP contribution < -0.4 is 0 Å². The molecule has 1 fully saturated rings. The fourth-order valence-electron chi connectivity index (χ4n) is 1.36. The van der Waals surface area contributed by atoms with E-state index >= 15 is 0 Å². The van der Waals surface area contributed by atoms with Gasteiger partial charge in [0.05, 0.1) is 6.10 Å². The van der Waals surface area contributed by atoms with E-state index in [2.05, 4.69) is 19.0 Å². The second-order valence-electron chi connectivity index (χ2n) is 3.25. The third-order valence-corrected chi connectivity index (χ3v) is 1.84. The molecule has 0 N–H and O–H groups in total. The molecule has 0 radical (unpaired) electrons. The molecule has 1 heterocycles. The number of nitrogens with zero attached hydrogens (tertiary/aromatic N) is 1. The Kier molecular flexibility index (Phi) is 3.16. The van der Waals surface area contributed by atoms with Gasteiger partial charge in [0.2, 0.25) is 0 Å².